The molecule has 1 N–H and O–H groups in total. The Bertz CT molecular complexity index is 1310. The van der Waals surface area contributed by atoms with Crippen LogP contribution in [-0.4, -0.2) is 16.8 Å². The Labute approximate surface area is 202 Å². The van der Waals surface area contributed by atoms with Gasteiger partial charge in [0.15, 0.2) is 0 Å². The van der Waals surface area contributed by atoms with Crippen LogP contribution in [0.5, 0.6) is 0 Å². The molecule has 176 valence electrons. The van der Waals surface area contributed by atoms with Crippen molar-refractivity contribution in [3.8, 4) is 0 Å². The minimum atomic E-state index is -0.517. The SMILES string of the molecule is O=C(Cc1cccc(N(Cc2ccc(F)cc2)C(=O)c2cccc(F)c2)c1)NCc1cccnc1. The van der Waals surface area contributed by atoms with Crippen LogP contribution in [0.2, 0.25) is 0 Å². The second-order valence-electron chi connectivity index (χ2n) is 8.01. The van der Waals surface area contributed by atoms with Gasteiger partial charge in [0.25, 0.3) is 5.91 Å². The van der Waals surface area contributed by atoms with Crippen molar-refractivity contribution in [2.75, 3.05) is 4.90 Å². The van der Waals surface area contributed by atoms with Gasteiger partial charge in [-0.2, -0.15) is 0 Å². The molecule has 0 bridgehead atoms. The molecule has 0 unspecified atom stereocenters. The van der Waals surface area contributed by atoms with Crippen LogP contribution in [0.25, 0.3) is 0 Å². The van der Waals surface area contributed by atoms with Crippen LogP contribution in [0.4, 0.5) is 14.5 Å². The predicted molar refractivity (Wildman–Crippen MR) is 130 cm³/mol. The maximum Gasteiger partial charge on any atom is 0.258 e. The Morgan fingerprint density at radius 2 is 1.57 bits per heavy atom. The van der Waals surface area contributed by atoms with E-state index < -0.39 is 11.7 Å². The summed E-state index contributed by atoms with van der Waals surface area (Å²) in [5, 5.41) is 2.86. The lowest BCUT2D eigenvalue weighted by Gasteiger charge is -2.24. The standard InChI is InChI=1S/C28H23F2N3O2/c29-24-11-9-20(10-12-24)19-33(28(35)23-6-2-7-25(30)16-23)26-8-1-4-21(14-26)15-27(34)32-18-22-5-3-13-31-17-22/h1-14,16-17H,15,18-19H2,(H,32,34). The minimum absolute atomic E-state index is 0.118. The van der Waals surface area contributed by atoms with E-state index in [9.17, 15) is 18.4 Å². The van der Waals surface area contributed by atoms with Crippen molar-refractivity contribution in [1.29, 1.82) is 0 Å². The lowest BCUT2D eigenvalue weighted by Crippen LogP contribution is -2.30. The molecular weight excluding hydrogens is 448 g/mol. The molecule has 4 aromatic rings. The zero-order valence-corrected chi connectivity index (χ0v) is 18.8. The summed E-state index contributed by atoms with van der Waals surface area (Å²) in [7, 11) is 0. The second-order valence-corrected chi connectivity index (χ2v) is 8.01. The zero-order valence-electron chi connectivity index (χ0n) is 18.8. The minimum Gasteiger partial charge on any atom is -0.352 e. The second kappa shape index (κ2) is 11.2. The molecule has 0 aliphatic carbocycles. The van der Waals surface area contributed by atoms with E-state index in [1.54, 1.807) is 60.9 Å². The first-order valence-electron chi connectivity index (χ1n) is 11.0. The van der Waals surface area contributed by atoms with Crippen LogP contribution in [0, 0.1) is 11.6 Å². The van der Waals surface area contributed by atoms with Gasteiger partial charge in [-0.25, -0.2) is 8.78 Å². The number of nitrogens with one attached hydrogen (secondary N) is 1. The molecule has 3 aromatic carbocycles. The Balaban J connectivity index is 1.55. The number of benzene rings is 3. The summed E-state index contributed by atoms with van der Waals surface area (Å²) in [5.74, 6) is -1.48. The highest BCUT2D eigenvalue weighted by atomic mass is 19.1. The van der Waals surface area contributed by atoms with Gasteiger partial charge < -0.3 is 10.2 Å². The number of hydrogen-bond acceptors (Lipinski definition) is 3. The van der Waals surface area contributed by atoms with Crippen molar-refractivity contribution in [2.24, 2.45) is 0 Å². The lowest BCUT2D eigenvalue weighted by molar-refractivity contribution is -0.120. The summed E-state index contributed by atoms with van der Waals surface area (Å²) in [6, 6.07) is 22.0. The maximum absolute atomic E-state index is 13.8. The van der Waals surface area contributed by atoms with Gasteiger partial charge in [0.05, 0.1) is 13.0 Å². The van der Waals surface area contributed by atoms with Gasteiger partial charge in [0.2, 0.25) is 5.91 Å². The van der Waals surface area contributed by atoms with Gasteiger partial charge in [-0.15, -0.1) is 0 Å². The van der Waals surface area contributed by atoms with E-state index in [1.807, 2.05) is 6.07 Å². The number of carbonyl (C=O) groups is 2. The molecule has 1 aromatic heterocycles. The van der Waals surface area contributed by atoms with Crippen LogP contribution in [-0.2, 0) is 24.3 Å². The number of aromatic nitrogens is 1. The van der Waals surface area contributed by atoms with Crippen LogP contribution in [0.15, 0.2) is 97.3 Å². The highest BCUT2D eigenvalue weighted by molar-refractivity contribution is 6.06. The number of hydrogen-bond donors (Lipinski definition) is 1. The summed E-state index contributed by atoms with van der Waals surface area (Å²) in [6.07, 6.45) is 3.47. The quantitative estimate of drug-likeness (QED) is 0.391. The van der Waals surface area contributed by atoms with E-state index in [2.05, 4.69) is 10.3 Å². The molecule has 0 saturated carbocycles. The van der Waals surface area contributed by atoms with E-state index in [0.717, 1.165) is 5.56 Å². The number of nitrogens with zero attached hydrogens (tertiary/aromatic N) is 2. The van der Waals surface area contributed by atoms with Crippen molar-refractivity contribution >= 4 is 17.5 Å². The van der Waals surface area contributed by atoms with Gasteiger partial charge in [-0.05, 0) is 65.2 Å². The number of amides is 2. The summed E-state index contributed by atoms with van der Waals surface area (Å²) in [6.45, 7) is 0.507. The molecule has 0 atom stereocenters. The van der Waals surface area contributed by atoms with Gasteiger partial charge >= 0.3 is 0 Å². The third-order valence-electron chi connectivity index (χ3n) is 5.37. The molecule has 0 aliphatic heterocycles. The zero-order chi connectivity index (χ0) is 24.6. The molecule has 0 aliphatic rings. The predicted octanol–water partition coefficient (Wildman–Crippen LogP) is 5.07. The molecule has 2 amide bonds. The average Bonchev–Trinajstić information content (AvgIpc) is 2.87. The molecule has 5 nitrogen and oxygen atoms in total. The highest BCUT2D eigenvalue weighted by Gasteiger charge is 2.19. The molecule has 0 fully saturated rings. The first-order chi connectivity index (χ1) is 17.0. The largest absolute Gasteiger partial charge is 0.352 e. The van der Waals surface area contributed by atoms with Crippen molar-refractivity contribution in [3.05, 3.63) is 131 Å². The topological polar surface area (TPSA) is 62.3 Å². The van der Waals surface area contributed by atoms with E-state index in [-0.39, 0.29) is 30.3 Å². The normalized spacial score (nSPS) is 10.6. The molecule has 0 radical (unpaired) electrons. The van der Waals surface area contributed by atoms with Crippen LogP contribution >= 0.6 is 0 Å². The Morgan fingerprint density at radius 1 is 0.800 bits per heavy atom. The van der Waals surface area contributed by atoms with Gasteiger partial charge in [-0.1, -0.05) is 36.4 Å². The number of carbonyl (C=O) groups excluding carboxylic acids is 2. The van der Waals surface area contributed by atoms with Crippen molar-refractivity contribution in [2.45, 2.75) is 19.5 Å². The van der Waals surface area contributed by atoms with Crippen LogP contribution < -0.4 is 10.2 Å². The average molecular weight is 472 g/mol. The molecule has 0 saturated heterocycles. The van der Waals surface area contributed by atoms with Crippen LogP contribution in [0.1, 0.15) is 27.0 Å². The molecule has 1 heterocycles. The monoisotopic (exact) mass is 471 g/mol. The molecule has 35 heavy (non-hydrogen) atoms. The molecule has 0 spiro atoms. The smallest absolute Gasteiger partial charge is 0.258 e. The summed E-state index contributed by atoms with van der Waals surface area (Å²) < 4.78 is 27.2. The molecule has 4 rings (SSSR count). The highest BCUT2D eigenvalue weighted by Crippen LogP contribution is 2.23. The number of halogens is 2. The Kier molecular flexibility index (Phi) is 7.57. The van der Waals surface area contributed by atoms with E-state index in [0.29, 0.717) is 23.4 Å². The van der Waals surface area contributed by atoms with Gasteiger partial charge in [0, 0.05) is 30.2 Å². The summed E-state index contributed by atoms with van der Waals surface area (Å²) in [5.41, 5.74) is 3.03. The maximum atomic E-state index is 13.8. The van der Waals surface area contributed by atoms with Crippen molar-refractivity contribution < 1.29 is 18.4 Å². The number of anilines is 1. The number of rotatable bonds is 8. The van der Waals surface area contributed by atoms with E-state index in [4.69, 9.17) is 0 Å². The van der Waals surface area contributed by atoms with E-state index in [1.165, 1.54) is 35.2 Å². The molecule has 7 heteroatoms. The van der Waals surface area contributed by atoms with Crippen LogP contribution in [0.3, 0.4) is 0 Å². The summed E-state index contributed by atoms with van der Waals surface area (Å²) >= 11 is 0. The first-order valence-corrected chi connectivity index (χ1v) is 11.0. The van der Waals surface area contributed by atoms with Gasteiger partial charge in [-0.3, -0.25) is 14.6 Å². The van der Waals surface area contributed by atoms with E-state index >= 15 is 0 Å². The fourth-order valence-electron chi connectivity index (χ4n) is 3.62. The Hall–Kier alpha value is -4.39. The Morgan fingerprint density at radius 3 is 2.31 bits per heavy atom. The van der Waals surface area contributed by atoms with Gasteiger partial charge in [0.1, 0.15) is 11.6 Å². The summed E-state index contributed by atoms with van der Waals surface area (Å²) in [4.78, 5) is 31.4. The third kappa shape index (κ3) is 6.57. The number of pyridine rings is 1. The first kappa shape index (κ1) is 23.8. The fourth-order valence-corrected chi connectivity index (χ4v) is 3.62. The molecular formula is C28H23F2N3O2. The third-order valence-corrected chi connectivity index (χ3v) is 5.37. The van der Waals surface area contributed by atoms with Crippen molar-refractivity contribution in [1.82, 2.24) is 10.3 Å². The lowest BCUT2D eigenvalue weighted by atomic mass is 10.1. The van der Waals surface area contributed by atoms with Crippen molar-refractivity contribution in [3.63, 3.8) is 0 Å². The fraction of sp³-hybridized carbons (Fsp3) is 0.107.